The van der Waals surface area contributed by atoms with Gasteiger partial charge in [-0.05, 0) is 6.07 Å². The molecule has 4 nitrogen and oxygen atoms in total. The lowest BCUT2D eigenvalue weighted by Gasteiger charge is -2.08. The molecule has 1 heterocycles. The first kappa shape index (κ1) is 13.9. The first-order valence-electron chi connectivity index (χ1n) is 4.62. The largest absolute Gasteiger partial charge is 0.411 e. The Labute approximate surface area is 98.4 Å². The molecule has 96 valence electrons. The van der Waals surface area contributed by atoms with Crippen LogP contribution in [0.4, 0.5) is 18.9 Å². The number of aromatic nitrogens is 1. The van der Waals surface area contributed by atoms with Crippen molar-refractivity contribution in [3.05, 3.63) is 18.5 Å². The molecular weight excluding hydrogens is 257 g/mol. The summed E-state index contributed by atoms with van der Waals surface area (Å²) in [6, 6.07) is 1.47. The fourth-order valence-corrected chi connectivity index (χ4v) is 2.05. The summed E-state index contributed by atoms with van der Waals surface area (Å²) < 4.78 is 51.2. The van der Waals surface area contributed by atoms with E-state index in [0.29, 0.717) is 4.90 Å². The zero-order chi connectivity index (χ0) is 12.9. The van der Waals surface area contributed by atoms with Crippen LogP contribution in [0.15, 0.2) is 23.4 Å². The van der Waals surface area contributed by atoms with Crippen molar-refractivity contribution in [2.75, 3.05) is 24.7 Å². The topological polar surface area (TPSA) is 65.2 Å². The minimum absolute atomic E-state index is 0.0374. The van der Waals surface area contributed by atoms with Crippen molar-refractivity contribution in [1.82, 2.24) is 4.98 Å². The zero-order valence-corrected chi connectivity index (χ0v) is 9.55. The molecule has 0 aliphatic carbocycles. The molecule has 0 saturated carbocycles. The zero-order valence-electron chi connectivity index (χ0n) is 8.74. The highest BCUT2D eigenvalue weighted by Gasteiger charge is 2.27. The van der Waals surface area contributed by atoms with Gasteiger partial charge < -0.3 is 10.5 Å². The van der Waals surface area contributed by atoms with Gasteiger partial charge in [0.15, 0.2) is 0 Å². The summed E-state index contributed by atoms with van der Waals surface area (Å²) in [6.07, 6.45) is -1.61. The van der Waals surface area contributed by atoms with Crippen molar-refractivity contribution in [2.24, 2.45) is 0 Å². The second kappa shape index (κ2) is 5.97. The molecule has 0 saturated heterocycles. The minimum Gasteiger partial charge on any atom is -0.396 e. The van der Waals surface area contributed by atoms with Crippen LogP contribution < -0.4 is 5.73 Å². The fraction of sp³-hybridized carbons (Fsp3) is 0.444. The molecule has 2 N–H and O–H groups in total. The molecule has 0 fully saturated rings. The summed E-state index contributed by atoms with van der Waals surface area (Å²) in [6.45, 7) is -1.58. The van der Waals surface area contributed by atoms with Gasteiger partial charge in [0.1, 0.15) is 6.61 Å². The van der Waals surface area contributed by atoms with Gasteiger partial charge in [-0.2, -0.15) is 13.2 Å². The Morgan fingerprint density at radius 3 is 2.76 bits per heavy atom. The summed E-state index contributed by atoms with van der Waals surface area (Å²) in [5, 5.41) is 0. The molecule has 17 heavy (non-hydrogen) atoms. The van der Waals surface area contributed by atoms with Crippen LogP contribution in [0.2, 0.25) is 0 Å². The van der Waals surface area contributed by atoms with E-state index in [0.717, 1.165) is 0 Å². The Bertz CT molecular complexity index is 398. The second-order valence-electron chi connectivity index (χ2n) is 3.13. The Balaban J connectivity index is 2.39. The van der Waals surface area contributed by atoms with E-state index in [-0.39, 0.29) is 18.0 Å². The average molecular weight is 268 g/mol. The third-order valence-electron chi connectivity index (χ3n) is 1.73. The highest BCUT2D eigenvalue weighted by Crippen LogP contribution is 2.16. The molecule has 0 radical (unpaired) electrons. The molecule has 0 aliphatic heterocycles. The number of nitrogen functional groups attached to an aromatic ring is 1. The maximum absolute atomic E-state index is 11.7. The number of nitrogens with zero attached hydrogens (tertiary/aromatic N) is 1. The molecule has 8 heteroatoms. The number of rotatable bonds is 5. The van der Waals surface area contributed by atoms with Gasteiger partial charge >= 0.3 is 6.18 Å². The van der Waals surface area contributed by atoms with E-state index in [4.69, 9.17) is 5.73 Å². The van der Waals surface area contributed by atoms with E-state index < -0.39 is 23.6 Å². The smallest absolute Gasteiger partial charge is 0.396 e. The predicted octanol–water partition coefficient (Wildman–Crippen LogP) is 1.35. The second-order valence-corrected chi connectivity index (χ2v) is 4.67. The predicted molar refractivity (Wildman–Crippen MR) is 56.8 cm³/mol. The quantitative estimate of drug-likeness (QED) is 0.819. The minimum atomic E-state index is -4.36. The third-order valence-corrected chi connectivity index (χ3v) is 3.13. The van der Waals surface area contributed by atoms with Gasteiger partial charge in [0.25, 0.3) is 0 Å². The third kappa shape index (κ3) is 5.14. The van der Waals surface area contributed by atoms with Gasteiger partial charge in [-0.25, -0.2) is 0 Å². The fourth-order valence-electron chi connectivity index (χ4n) is 1.03. The van der Waals surface area contributed by atoms with E-state index in [2.05, 4.69) is 9.72 Å². The van der Waals surface area contributed by atoms with Gasteiger partial charge in [0, 0.05) is 6.20 Å². The molecule has 0 bridgehead atoms. The highest BCUT2D eigenvalue weighted by molar-refractivity contribution is 7.85. The molecular formula is C9H11F3N2O2S. The molecule has 1 aromatic heterocycles. The first-order valence-corrected chi connectivity index (χ1v) is 5.94. The lowest BCUT2D eigenvalue weighted by atomic mass is 10.4. The van der Waals surface area contributed by atoms with Crippen LogP contribution in [0.25, 0.3) is 0 Å². The maximum atomic E-state index is 11.7. The van der Waals surface area contributed by atoms with Crippen molar-refractivity contribution in [3.8, 4) is 0 Å². The average Bonchev–Trinajstić information content (AvgIpc) is 2.23. The number of alkyl halides is 3. The van der Waals surface area contributed by atoms with Gasteiger partial charge in [-0.3, -0.25) is 9.19 Å². The summed E-state index contributed by atoms with van der Waals surface area (Å²) in [7, 11) is -1.48. The molecule has 1 aromatic rings. The van der Waals surface area contributed by atoms with Crippen LogP contribution in [-0.2, 0) is 15.5 Å². The molecule has 1 rings (SSSR count). The number of anilines is 1. The van der Waals surface area contributed by atoms with E-state index in [1.807, 2.05) is 0 Å². The number of hydrogen-bond acceptors (Lipinski definition) is 4. The maximum Gasteiger partial charge on any atom is 0.411 e. The lowest BCUT2D eigenvalue weighted by molar-refractivity contribution is -0.172. The van der Waals surface area contributed by atoms with Crippen LogP contribution in [-0.4, -0.2) is 34.3 Å². The number of ether oxygens (including phenoxy) is 1. The van der Waals surface area contributed by atoms with Gasteiger partial charge in [0.2, 0.25) is 0 Å². The van der Waals surface area contributed by atoms with E-state index in [9.17, 15) is 17.4 Å². The van der Waals surface area contributed by atoms with Crippen molar-refractivity contribution in [3.63, 3.8) is 0 Å². The van der Waals surface area contributed by atoms with Crippen LogP contribution in [0.3, 0.4) is 0 Å². The van der Waals surface area contributed by atoms with Crippen molar-refractivity contribution in [2.45, 2.75) is 11.1 Å². The lowest BCUT2D eigenvalue weighted by Crippen LogP contribution is -2.19. The monoisotopic (exact) mass is 268 g/mol. The van der Waals surface area contributed by atoms with E-state index in [1.54, 1.807) is 0 Å². The molecule has 0 amide bonds. The van der Waals surface area contributed by atoms with Crippen molar-refractivity contribution in [1.29, 1.82) is 0 Å². The normalized spacial score (nSPS) is 13.6. The molecule has 1 atom stereocenters. The Hall–Kier alpha value is -1.15. The number of nitrogens with two attached hydrogens (primary N) is 1. The van der Waals surface area contributed by atoms with Crippen LogP contribution in [0.5, 0.6) is 0 Å². The highest BCUT2D eigenvalue weighted by atomic mass is 32.2. The molecule has 0 spiro atoms. The Morgan fingerprint density at radius 2 is 2.18 bits per heavy atom. The van der Waals surface area contributed by atoms with Crippen molar-refractivity contribution < 1.29 is 22.1 Å². The SMILES string of the molecule is Nc1cnccc1S(=O)CCOCC(F)(F)F. The number of pyridine rings is 1. The summed E-state index contributed by atoms with van der Waals surface area (Å²) >= 11 is 0. The van der Waals surface area contributed by atoms with E-state index in [1.165, 1.54) is 18.5 Å². The molecule has 1 unspecified atom stereocenters. The van der Waals surface area contributed by atoms with E-state index >= 15 is 0 Å². The number of hydrogen-bond donors (Lipinski definition) is 1. The van der Waals surface area contributed by atoms with Crippen molar-refractivity contribution >= 4 is 16.5 Å². The van der Waals surface area contributed by atoms with Gasteiger partial charge in [-0.15, -0.1) is 0 Å². The van der Waals surface area contributed by atoms with Crippen LogP contribution in [0, 0.1) is 0 Å². The number of halogens is 3. The Morgan fingerprint density at radius 1 is 1.47 bits per heavy atom. The molecule has 0 aromatic carbocycles. The van der Waals surface area contributed by atoms with Crippen LogP contribution >= 0.6 is 0 Å². The van der Waals surface area contributed by atoms with Crippen LogP contribution in [0.1, 0.15) is 0 Å². The molecule has 0 aliphatic rings. The first-order chi connectivity index (χ1) is 7.90. The summed E-state index contributed by atoms with van der Waals surface area (Å²) in [5.74, 6) is -0.0374. The summed E-state index contributed by atoms with van der Waals surface area (Å²) in [5.41, 5.74) is 5.77. The standard InChI is InChI=1S/C9H11F3N2O2S/c10-9(11,12)6-16-3-4-17(15)8-1-2-14-5-7(8)13/h1-2,5H,3-4,6,13H2. The summed E-state index contributed by atoms with van der Waals surface area (Å²) in [4.78, 5) is 4.07. The Kier molecular flexibility index (Phi) is 4.88. The van der Waals surface area contributed by atoms with Gasteiger partial charge in [0.05, 0.1) is 39.9 Å². The van der Waals surface area contributed by atoms with Gasteiger partial charge in [-0.1, -0.05) is 0 Å².